The zero-order valence-corrected chi connectivity index (χ0v) is 13.6. The highest BCUT2D eigenvalue weighted by Gasteiger charge is 2.15. The normalized spacial score (nSPS) is 10.4. The van der Waals surface area contributed by atoms with Crippen molar-refractivity contribution in [3.63, 3.8) is 0 Å². The fourth-order valence-corrected chi connectivity index (χ4v) is 3.20. The number of alkyl halides is 1. The van der Waals surface area contributed by atoms with E-state index in [0.717, 1.165) is 14.9 Å². The van der Waals surface area contributed by atoms with Gasteiger partial charge in [-0.1, -0.05) is 22.0 Å². The second-order valence-electron chi connectivity index (χ2n) is 3.71. The highest BCUT2D eigenvalue weighted by Crippen LogP contribution is 2.30. The minimum absolute atomic E-state index is 0.0136. The monoisotopic (exact) mass is 405 g/mol. The number of thiophene rings is 1. The quantitative estimate of drug-likeness (QED) is 0.403. The van der Waals surface area contributed by atoms with Crippen LogP contribution in [0.3, 0.4) is 0 Å². The van der Waals surface area contributed by atoms with Crippen molar-refractivity contribution >= 4 is 48.9 Å². The van der Waals surface area contributed by atoms with Crippen LogP contribution >= 0.6 is 43.2 Å². The number of hydrogen-bond donors (Lipinski definition) is 0. The van der Waals surface area contributed by atoms with Crippen molar-refractivity contribution in [2.24, 2.45) is 0 Å². The summed E-state index contributed by atoms with van der Waals surface area (Å²) < 4.78 is 6.55. The highest BCUT2D eigenvalue weighted by molar-refractivity contribution is 9.10. The molecule has 2 rings (SSSR count). The third-order valence-electron chi connectivity index (χ3n) is 2.37. The van der Waals surface area contributed by atoms with Crippen LogP contribution in [0.15, 0.2) is 34.1 Å². The summed E-state index contributed by atoms with van der Waals surface area (Å²) in [6, 6.07) is 6.80. The molecule has 0 aliphatic heterocycles. The Balaban J connectivity index is 2.19. The largest absolute Gasteiger partial charge is 0.481 e. The van der Waals surface area contributed by atoms with Crippen LogP contribution in [0.2, 0.25) is 0 Å². The van der Waals surface area contributed by atoms with Gasteiger partial charge in [0.25, 0.3) is 0 Å². The second kappa shape index (κ2) is 6.49. The van der Waals surface area contributed by atoms with Crippen LogP contribution in [0.25, 0.3) is 0 Å². The van der Waals surface area contributed by atoms with Crippen molar-refractivity contribution in [3.8, 4) is 5.75 Å². The first-order valence-electron chi connectivity index (χ1n) is 5.29. The Morgan fingerprint density at radius 1 is 1.37 bits per heavy atom. The predicted molar refractivity (Wildman–Crippen MR) is 82.1 cm³/mol. The standard InChI is InChI=1S/C12H9Br2NO3S/c13-5-8-1-2-11(15(16)17)12(3-8)18-6-10-4-9(14)7-19-10/h1-4,7H,5-6H2. The van der Waals surface area contributed by atoms with Crippen LogP contribution in [0.1, 0.15) is 10.4 Å². The van der Waals surface area contributed by atoms with Crippen molar-refractivity contribution in [2.75, 3.05) is 0 Å². The van der Waals surface area contributed by atoms with Gasteiger partial charge in [-0.15, -0.1) is 11.3 Å². The molecular formula is C12H9Br2NO3S. The van der Waals surface area contributed by atoms with Gasteiger partial charge in [-0.2, -0.15) is 0 Å². The molecule has 1 aromatic carbocycles. The molecule has 0 amide bonds. The van der Waals surface area contributed by atoms with Crippen molar-refractivity contribution in [2.45, 2.75) is 11.9 Å². The van der Waals surface area contributed by atoms with Crippen molar-refractivity contribution in [1.29, 1.82) is 0 Å². The molecule has 0 aliphatic rings. The van der Waals surface area contributed by atoms with Gasteiger partial charge in [-0.25, -0.2) is 0 Å². The highest BCUT2D eigenvalue weighted by atomic mass is 79.9. The lowest BCUT2D eigenvalue weighted by molar-refractivity contribution is -0.385. The Labute approximate surface area is 130 Å². The lowest BCUT2D eigenvalue weighted by atomic mass is 10.2. The molecule has 0 N–H and O–H groups in total. The topological polar surface area (TPSA) is 52.4 Å². The zero-order valence-electron chi connectivity index (χ0n) is 9.64. The molecular weight excluding hydrogens is 398 g/mol. The molecule has 1 aromatic heterocycles. The van der Waals surface area contributed by atoms with E-state index in [1.165, 1.54) is 6.07 Å². The van der Waals surface area contributed by atoms with E-state index in [9.17, 15) is 10.1 Å². The minimum atomic E-state index is -0.433. The molecule has 4 nitrogen and oxygen atoms in total. The zero-order chi connectivity index (χ0) is 13.8. The van der Waals surface area contributed by atoms with Gasteiger partial charge in [0.15, 0.2) is 5.75 Å². The number of halogens is 2. The number of benzene rings is 1. The van der Waals surface area contributed by atoms with E-state index in [0.29, 0.717) is 17.7 Å². The average molecular weight is 407 g/mol. The predicted octanol–water partition coefficient (Wildman–Crippen LogP) is 4.89. The molecule has 0 aliphatic carbocycles. The average Bonchev–Trinajstić information content (AvgIpc) is 2.81. The fraction of sp³-hybridized carbons (Fsp3) is 0.167. The van der Waals surface area contributed by atoms with Crippen molar-refractivity contribution < 1.29 is 9.66 Å². The lowest BCUT2D eigenvalue weighted by Crippen LogP contribution is -1.98. The van der Waals surface area contributed by atoms with Gasteiger partial charge < -0.3 is 4.74 Å². The van der Waals surface area contributed by atoms with Crippen molar-refractivity contribution in [3.05, 3.63) is 54.7 Å². The van der Waals surface area contributed by atoms with Crippen LogP contribution in [0, 0.1) is 10.1 Å². The van der Waals surface area contributed by atoms with E-state index in [-0.39, 0.29) is 5.69 Å². The SMILES string of the molecule is O=[N+]([O-])c1ccc(CBr)cc1OCc1cc(Br)cs1. The smallest absolute Gasteiger partial charge is 0.310 e. The van der Waals surface area contributed by atoms with E-state index in [4.69, 9.17) is 4.74 Å². The van der Waals surface area contributed by atoms with Crippen LogP contribution in [-0.4, -0.2) is 4.92 Å². The molecule has 0 unspecified atom stereocenters. The first kappa shape index (κ1) is 14.5. The fourth-order valence-electron chi connectivity index (χ4n) is 1.49. The van der Waals surface area contributed by atoms with Gasteiger partial charge in [0.2, 0.25) is 0 Å². The molecule has 100 valence electrons. The van der Waals surface area contributed by atoms with Crippen LogP contribution in [0.5, 0.6) is 5.75 Å². The van der Waals surface area contributed by atoms with Gasteiger partial charge in [-0.05, 0) is 33.6 Å². The summed E-state index contributed by atoms with van der Waals surface area (Å²) in [6.07, 6.45) is 0. The molecule has 0 saturated heterocycles. The molecule has 0 radical (unpaired) electrons. The number of rotatable bonds is 5. The summed E-state index contributed by atoms with van der Waals surface area (Å²) >= 11 is 8.22. The molecule has 0 spiro atoms. The molecule has 0 saturated carbocycles. The van der Waals surface area contributed by atoms with Gasteiger partial charge in [-0.3, -0.25) is 10.1 Å². The maximum atomic E-state index is 10.9. The summed E-state index contributed by atoms with van der Waals surface area (Å²) in [6.45, 7) is 0.322. The Kier molecular flexibility index (Phi) is 4.95. The van der Waals surface area contributed by atoms with Gasteiger partial charge in [0.1, 0.15) is 6.61 Å². The molecule has 19 heavy (non-hydrogen) atoms. The summed E-state index contributed by atoms with van der Waals surface area (Å²) in [5.41, 5.74) is 0.924. The third-order valence-corrected chi connectivity index (χ3v) is 4.69. The second-order valence-corrected chi connectivity index (χ2v) is 6.18. The number of ether oxygens (including phenoxy) is 1. The van der Waals surface area contributed by atoms with E-state index in [2.05, 4.69) is 31.9 Å². The molecule has 0 atom stereocenters. The number of nitro benzene ring substituents is 1. The molecule has 2 aromatic rings. The van der Waals surface area contributed by atoms with Gasteiger partial charge in [0, 0.05) is 26.1 Å². The van der Waals surface area contributed by atoms with E-state index in [1.807, 2.05) is 11.4 Å². The first-order valence-corrected chi connectivity index (χ1v) is 8.08. The molecule has 0 fully saturated rings. The summed E-state index contributed by atoms with van der Waals surface area (Å²) in [5, 5.41) is 13.5. The molecule has 7 heteroatoms. The Hall–Kier alpha value is -0.920. The number of nitro groups is 1. The van der Waals surface area contributed by atoms with Gasteiger partial charge >= 0.3 is 5.69 Å². The Morgan fingerprint density at radius 2 is 2.16 bits per heavy atom. The molecule has 1 heterocycles. The van der Waals surface area contributed by atoms with E-state index >= 15 is 0 Å². The Bertz CT molecular complexity index is 600. The van der Waals surface area contributed by atoms with Crippen molar-refractivity contribution in [1.82, 2.24) is 0 Å². The lowest BCUT2D eigenvalue weighted by Gasteiger charge is -2.06. The van der Waals surface area contributed by atoms with Crippen LogP contribution in [0.4, 0.5) is 5.69 Å². The molecule has 0 bridgehead atoms. The summed E-state index contributed by atoms with van der Waals surface area (Å²) in [7, 11) is 0. The van der Waals surface area contributed by atoms with Gasteiger partial charge in [0.05, 0.1) is 4.92 Å². The van der Waals surface area contributed by atoms with Crippen LogP contribution < -0.4 is 4.74 Å². The minimum Gasteiger partial charge on any atom is -0.481 e. The summed E-state index contributed by atoms with van der Waals surface area (Å²) in [4.78, 5) is 11.5. The van der Waals surface area contributed by atoms with Crippen LogP contribution in [-0.2, 0) is 11.9 Å². The maximum absolute atomic E-state index is 10.9. The number of hydrogen-bond acceptors (Lipinski definition) is 4. The first-order chi connectivity index (χ1) is 9.10. The number of nitrogens with zero attached hydrogens (tertiary/aromatic N) is 1. The Morgan fingerprint density at radius 3 is 2.74 bits per heavy atom. The van der Waals surface area contributed by atoms with E-state index < -0.39 is 4.92 Å². The third kappa shape index (κ3) is 3.77. The maximum Gasteiger partial charge on any atom is 0.310 e. The van der Waals surface area contributed by atoms with E-state index in [1.54, 1.807) is 23.5 Å². The summed E-state index contributed by atoms with van der Waals surface area (Å²) in [5.74, 6) is 0.298.